The van der Waals surface area contributed by atoms with Crippen molar-refractivity contribution in [1.29, 1.82) is 0 Å². The topological polar surface area (TPSA) is 76.0 Å². The van der Waals surface area contributed by atoms with Crippen LogP contribution in [0.2, 0.25) is 0 Å². The summed E-state index contributed by atoms with van der Waals surface area (Å²) in [5, 5.41) is 8.08. The molecule has 0 amide bonds. The van der Waals surface area contributed by atoms with Gasteiger partial charge in [-0.1, -0.05) is 19.6 Å². The van der Waals surface area contributed by atoms with Gasteiger partial charge in [0, 0.05) is 18.0 Å². The lowest BCUT2D eigenvalue weighted by atomic mass is 10.00. The molecular formula is C23H27FN4O2S. The molecule has 0 saturated heterocycles. The maximum Gasteiger partial charge on any atom is 0.235 e. The summed E-state index contributed by atoms with van der Waals surface area (Å²) in [5.41, 5.74) is 4.99. The van der Waals surface area contributed by atoms with Gasteiger partial charge in [-0.25, -0.2) is 12.8 Å². The van der Waals surface area contributed by atoms with E-state index >= 15 is 0 Å². The summed E-state index contributed by atoms with van der Waals surface area (Å²) in [6.45, 7) is 9.79. The van der Waals surface area contributed by atoms with E-state index in [-0.39, 0.29) is 10.9 Å². The predicted molar refractivity (Wildman–Crippen MR) is 125 cm³/mol. The molecule has 0 aliphatic heterocycles. The van der Waals surface area contributed by atoms with Crippen molar-refractivity contribution in [2.45, 2.75) is 45.3 Å². The highest BCUT2D eigenvalue weighted by Crippen LogP contribution is 2.42. The van der Waals surface area contributed by atoms with Crippen molar-refractivity contribution in [3.63, 3.8) is 0 Å². The second-order valence-electron chi connectivity index (χ2n) is 8.20. The van der Waals surface area contributed by atoms with Crippen LogP contribution < -0.4 is 10.0 Å². The van der Waals surface area contributed by atoms with Gasteiger partial charge in [0.25, 0.3) is 0 Å². The van der Waals surface area contributed by atoms with E-state index in [0.29, 0.717) is 35.4 Å². The van der Waals surface area contributed by atoms with E-state index in [0.717, 1.165) is 28.6 Å². The van der Waals surface area contributed by atoms with Crippen molar-refractivity contribution < 1.29 is 12.8 Å². The molecule has 1 aliphatic carbocycles. The second-order valence-corrected chi connectivity index (χ2v) is 10.2. The van der Waals surface area contributed by atoms with Crippen LogP contribution in [0.25, 0.3) is 16.5 Å². The number of halogens is 1. The lowest BCUT2D eigenvalue weighted by Gasteiger charge is -2.20. The van der Waals surface area contributed by atoms with Crippen molar-refractivity contribution in [1.82, 2.24) is 9.78 Å². The first-order valence-corrected chi connectivity index (χ1v) is 11.9. The maximum absolute atomic E-state index is 14.8. The summed E-state index contributed by atoms with van der Waals surface area (Å²) in [6.07, 6.45) is 2.01. The Balaban J connectivity index is 1.95. The largest absolute Gasteiger partial charge is 0.351 e. The first kappa shape index (κ1) is 21.4. The minimum Gasteiger partial charge on any atom is -0.351 e. The number of rotatable bonds is 7. The van der Waals surface area contributed by atoms with Gasteiger partial charge in [0.1, 0.15) is 5.82 Å². The summed E-state index contributed by atoms with van der Waals surface area (Å²) in [7, 11) is -1.70. The quantitative estimate of drug-likeness (QED) is 0.523. The van der Waals surface area contributed by atoms with Crippen LogP contribution in [0.1, 0.15) is 43.5 Å². The summed E-state index contributed by atoms with van der Waals surface area (Å²) in [4.78, 5) is 0. The third-order valence-electron chi connectivity index (χ3n) is 5.66. The number of aryl methyl sites for hydroxylation is 3. The second kappa shape index (κ2) is 7.67. The van der Waals surface area contributed by atoms with Gasteiger partial charge in [-0.3, -0.25) is 9.40 Å². The van der Waals surface area contributed by atoms with Crippen molar-refractivity contribution >= 4 is 43.6 Å². The lowest BCUT2D eigenvalue weighted by molar-refractivity contribution is 0.600. The Morgan fingerprint density at radius 1 is 1.29 bits per heavy atom. The van der Waals surface area contributed by atoms with Gasteiger partial charge in [-0.05, 0) is 62.4 Å². The zero-order chi connectivity index (χ0) is 22.5. The van der Waals surface area contributed by atoms with E-state index in [1.165, 1.54) is 6.07 Å². The van der Waals surface area contributed by atoms with Gasteiger partial charge in [0.05, 0.1) is 33.5 Å². The van der Waals surface area contributed by atoms with Crippen LogP contribution in [-0.2, 0) is 23.5 Å². The Morgan fingerprint density at radius 3 is 2.58 bits per heavy atom. The van der Waals surface area contributed by atoms with Crippen LogP contribution >= 0.6 is 0 Å². The Morgan fingerprint density at radius 2 is 2.00 bits per heavy atom. The molecule has 31 heavy (non-hydrogen) atoms. The third-order valence-corrected chi connectivity index (χ3v) is 7.51. The molecule has 0 bridgehead atoms. The lowest BCUT2D eigenvalue weighted by Crippen LogP contribution is -2.18. The van der Waals surface area contributed by atoms with Crippen LogP contribution in [0.15, 0.2) is 30.8 Å². The summed E-state index contributed by atoms with van der Waals surface area (Å²) in [6, 6.07) is 6.79. The zero-order valence-corrected chi connectivity index (χ0v) is 19.0. The molecule has 0 spiro atoms. The van der Waals surface area contributed by atoms with Crippen molar-refractivity contribution in [3.8, 4) is 0 Å². The Hall–Kier alpha value is -2.87. The van der Waals surface area contributed by atoms with Gasteiger partial charge >= 0.3 is 0 Å². The fourth-order valence-electron chi connectivity index (χ4n) is 3.87. The standard InChI is InChI=1S/C23H27FN4O2S/c1-6-15-7-10-19(18(24)11-15)25-22-20(27-31(29,30)16-8-9-16)12-17-14(4)26-28(5)23(17)21(22)13(2)3/h7,10-12,16,25,27H,2,6,8-9H2,1,3-5H3. The average molecular weight is 443 g/mol. The molecule has 8 heteroatoms. The van der Waals surface area contributed by atoms with Gasteiger partial charge in [0.2, 0.25) is 10.0 Å². The van der Waals surface area contributed by atoms with Gasteiger partial charge in [0.15, 0.2) is 0 Å². The van der Waals surface area contributed by atoms with Gasteiger partial charge in [-0.15, -0.1) is 0 Å². The fraction of sp³-hybridized carbons (Fsp3) is 0.348. The highest BCUT2D eigenvalue weighted by molar-refractivity contribution is 7.93. The Kier molecular flexibility index (Phi) is 5.29. The number of benzene rings is 2. The number of hydrogen-bond acceptors (Lipinski definition) is 4. The molecule has 0 atom stereocenters. The smallest absolute Gasteiger partial charge is 0.235 e. The maximum atomic E-state index is 14.8. The molecule has 2 aromatic carbocycles. The molecule has 0 unspecified atom stereocenters. The van der Waals surface area contributed by atoms with Crippen molar-refractivity contribution in [3.05, 3.63) is 53.5 Å². The molecule has 6 nitrogen and oxygen atoms in total. The first-order chi connectivity index (χ1) is 14.6. The fourth-order valence-corrected chi connectivity index (χ4v) is 5.26. The number of anilines is 3. The molecule has 1 saturated carbocycles. The summed E-state index contributed by atoms with van der Waals surface area (Å²) in [5.74, 6) is -0.399. The SMILES string of the molecule is C=C(C)c1c(Nc2ccc(CC)cc2F)c(NS(=O)(=O)C2CC2)cc2c(C)nn(C)c12. The Labute approximate surface area is 182 Å². The first-order valence-electron chi connectivity index (χ1n) is 10.4. The normalized spacial score (nSPS) is 14.1. The summed E-state index contributed by atoms with van der Waals surface area (Å²) < 4.78 is 44.8. The van der Waals surface area contributed by atoms with Crippen LogP contribution in [0.5, 0.6) is 0 Å². The van der Waals surface area contributed by atoms with E-state index in [2.05, 4.69) is 21.7 Å². The number of allylic oxidation sites excluding steroid dienone is 1. The van der Waals surface area contributed by atoms with Crippen LogP contribution in [0.3, 0.4) is 0 Å². The average Bonchev–Trinajstić information content (AvgIpc) is 3.51. The number of nitrogens with zero attached hydrogens (tertiary/aromatic N) is 2. The van der Waals surface area contributed by atoms with Crippen LogP contribution in [0, 0.1) is 12.7 Å². The monoisotopic (exact) mass is 442 g/mol. The number of nitrogens with one attached hydrogen (secondary N) is 2. The van der Waals surface area contributed by atoms with Crippen LogP contribution in [-0.4, -0.2) is 23.4 Å². The molecule has 1 aliphatic rings. The molecule has 2 N–H and O–H groups in total. The van der Waals surface area contributed by atoms with Gasteiger partial charge in [-0.2, -0.15) is 5.10 Å². The zero-order valence-electron chi connectivity index (χ0n) is 18.2. The van der Waals surface area contributed by atoms with E-state index in [9.17, 15) is 12.8 Å². The minimum absolute atomic E-state index is 0.268. The van der Waals surface area contributed by atoms with E-state index < -0.39 is 15.8 Å². The highest BCUT2D eigenvalue weighted by atomic mass is 32.2. The molecule has 1 fully saturated rings. The van der Waals surface area contributed by atoms with Crippen molar-refractivity contribution in [2.24, 2.45) is 7.05 Å². The number of aromatic nitrogens is 2. The number of sulfonamides is 1. The minimum atomic E-state index is -3.53. The van der Waals surface area contributed by atoms with E-state index in [4.69, 9.17) is 0 Å². The molecule has 3 aromatic rings. The van der Waals surface area contributed by atoms with E-state index in [1.807, 2.05) is 33.9 Å². The number of fused-ring (bicyclic) bond motifs is 1. The Bertz CT molecular complexity index is 1310. The van der Waals surface area contributed by atoms with Crippen LogP contribution in [0.4, 0.5) is 21.5 Å². The predicted octanol–water partition coefficient (Wildman–Crippen LogP) is 5.26. The molecule has 1 heterocycles. The molecule has 0 radical (unpaired) electrons. The molecule has 1 aromatic heterocycles. The third kappa shape index (κ3) is 3.92. The number of hydrogen-bond donors (Lipinski definition) is 2. The highest BCUT2D eigenvalue weighted by Gasteiger charge is 2.36. The van der Waals surface area contributed by atoms with Crippen molar-refractivity contribution in [2.75, 3.05) is 10.0 Å². The molecular weight excluding hydrogens is 415 g/mol. The van der Waals surface area contributed by atoms with Gasteiger partial charge < -0.3 is 5.32 Å². The van der Waals surface area contributed by atoms with E-state index in [1.54, 1.807) is 16.8 Å². The summed E-state index contributed by atoms with van der Waals surface area (Å²) >= 11 is 0. The molecule has 164 valence electrons. The molecule has 4 rings (SSSR count).